The zero-order valence-electron chi connectivity index (χ0n) is 17.5. The van der Waals surface area contributed by atoms with Crippen LogP contribution in [0.5, 0.6) is 0 Å². The van der Waals surface area contributed by atoms with Crippen LogP contribution in [-0.4, -0.2) is 39.6 Å². The van der Waals surface area contributed by atoms with Crippen LogP contribution >= 0.6 is 0 Å². The van der Waals surface area contributed by atoms with Gasteiger partial charge < -0.3 is 9.47 Å². The van der Waals surface area contributed by atoms with Crippen LogP contribution in [0, 0.1) is 18.8 Å². The molecule has 3 atom stereocenters. The number of carbonyl (C=O) groups is 2. The lowest BCUT2D eigenvalue weighted by Gasteiger charge is -2.23. The van der Waals surface area contributed by atoms with Gasteiger partial charge in [-0.3, -0.25) is 9.59 Å². The van der Waals surface area contributed by atoms with Crippen LogP contribution in [0.4, 0.5) is 0 Å². The van der Waals surface area contributed by atoms with Gasteiger partial charge in [-0.25, -0.2) is 13.1 Å². The molecule has 164 valence electrons. The van der Waals surface area contributed by atoms with E-state index in [1.54, 1.807) is 43.4 Å². The van der Waals surface area contributed by atoms with E-state index in [2.05, 4.69) is 4.72 Å². The molecule has 0 aromatic heterocycles. The molecule has 0 fully saturated rings. The van der Waals surface area contributed by atoms with Gasteiger partial charge >= 0.3 is 11.9 Å². The minimum Gasteiger partial charge on any atom is -0.465 e. The van der Waals surface area contributed by atoms with Crippen molar-refractivity contribution in [1.29, 1.82) is 0 Å². The van der Waals surface area contributed by atoms with Crippen LogP contribution in [0.25, 0.3) is 0 Å². The summed E-state index contributed by atoms with van der Waals surface area (Å²) in [5.41, 5.74) is 0.947. The lowest BCUT2D eigenvalue weighted by molar-refractivity contribution is -0.144. The first-order valence-corrected chi connectivity index (χ1v) is 11.4. The Morgan fingerprint density at radius 2 is 1.47 bits per heavy atom. The Morgan fingerprint density at radius 1 is 0.900 bits per heavy atom. The molecule has 0 bridgehead atoms. The summed E-state index contributed by atoms with van der Waals surface area (Å²) < 4.78 is 38.7. The number of hydrogen-bond donors (Lipinski definition) is 1. The van der Waals surface area contributed by atoms with Crippen molar-refractivity contribution >= 4 is 22.0 Å². The standard InChI is InChI=1S/C22H29NO6S/c1-16-10-12-19(13-11-16)30(26,27)23-20-15-29-22(25)8-4-6-17(2)14-28-21(24)9-5-7-18(20)3/h4-7,10-13,17-18,20,23H,8-9,14-15H2,1-3H3/b6-4+,7-5+/t17-,18+,20+/m0/s1. The van der Waals surface area contributed by atoms with E-state index in [0.717, 1.165) is 5.56 Å². The van der Waals surface area contributed by atoms with Crippen molar-refractivity contribution in [2.75, 3.05) is 13.2 Å². The number of carbonyl (C=O) groups excluding carboxylic acids is 2. The van der Waals surface area contributed by atoms with Crippen LogP contribution in [0.3, 0.4) is 0 Å². The molecule has 0 saturated heterocycles. The molecule has 0 spiro atoms. The summed E-state index contributed by atoms with van der Waals surface area (Å²) in [5.74, 6) is -1.17. The van der Waals surface area contributed by atoms with E-state index in [0.29, 0.717) is 0 Å². The van der Waals surface area contributed by atoms with E-state index in [9.17, 15) is 18.0 Å². The number of hydrogen-bond acceptors (Lipinski definition) is 6. The van der Waals surface area contributed by atoms with Crippen molar-refractivity contribution in [2.45, 2.75) is 44.6 Å². The van der Waals surface area contributed by atoms with E-state index in [1.807, 2.05) is 13.8 Å². The number of ether oxygens (including phenoxy) is 2. The number of sulfonamides is 1. The number of aryl methyl sites for hydroxylation is 1. The highest BCUT2D eigenvalue weighted by Crippen LogP contribution is 2.15. The van der Waals surface area contributed by atoms with E-state index in [1.165, 1.54) is 12.1 Å². The third-order valence-corrected chi connectivity index (χ3v) is 6.18. The lowest BCUT2D eigenvalue weighted by atomic mass is 10.0. The monoisotopic (exact) mass is 435 g/mol. The zero-order valence-corrected chi connectivity index (χ0v) is 18.4. The first kappa shape index (κ1) is 23.8. The van der Waals surface area contributed by atoms with Crippen molar-refractivity contribution in [3.63, 3.8) is 0 Å². The van der Waals surface area contributed by atoms with Gasteiger partial charge in [0, 0.05) is 5.92 Å². The SMILES string of the molecule is Cc1ccc(S(=O)(=O)N[C@@H]2COC(=O)C/C=C/[C@H](C)COC(=O)C/C=C/[C@H]2C)cc1. The molecule has 1 heterocycles. The van der Waals surface area contributed by atoms with Crippen molar-refractivity contribution in [3.8, 4) is 0 Å². The summed E-state index contributed by atoms with van der Waals surface area (Å²) in [6.45, 7) is 5.64. The highest BCUT2D eigenvalue weighted by atomic mass is 32.2. The summed E-state index contributed by atoms with van der Waals surface area (Å²) in [7, 11) is -3.81. The first-order chi connectivity index (χ1) is 14.2. The quantitative estimate of drug-likeness (QED) is 0.579. The van der Waals surface area contributed by atoms with Crippen LogP contribution < -0.4 is 4.72 Å². The molecule has 0 amide bonds. The topological polar surface area (TPSA) is 98.8 Å². The molecule has 7 nitrogen and oxygen atoms in total. The Bertz CT molecular complexity index is 889. The first-order valence-electron chi connectivity index (χ1n) is 9.91. The second kappa shape index (κ2) is 11.1. The van der Waals surface area contributed by atoms with E-state index in [4.69, 9.17) is 9.47 Å². The van der Waals surface area contributed by atoms with Gasteiger partial charge in [0.05, 0.1) is 30.4 Å². The van der Waals surface area contributed by atoms with Crippen LogP contribution in [0.1, 0.15) is 32.3 Å². The molecule has 1 N–H and O–H groups in total. The van der Waals surface area contributed by atoms with E-state index in [-0.39, 0.29) is 48.8 Å². The third-order valence-electron chi connectivity index (χ3n) is 4.68. The zero-order chi connectivity index (χ0) is 22.1. The molecular weight excluding hydrogens is 406 g/mol. The van der Waals surface area contributed by atoms with Gasteiger partial charge in [0.15, 0.2) is 0 Å². The fourth-order valence-corrected chi connectivity index (χ4v) is 4.08. The van der Waals surface area contributed by atoms with E-state index < -0.39 is 22.0 Å². The maximum absolute atomic E-state index is 12.8. The Morgan fingerprint density at radius 3 is 2.10 bits per heavy atom. The van der Waals surface area contributed by atoms with Crippen molar-refractivity contribution < 1.29 is 27.5 Å². The fraction of sp³-hybridized carbons (Fsp3) is 0.455. The van der Waals surface area contributed by atoms with Gasteiger partial charge in [0.25, 0.3) is 0 Å². The predicted molar refractivity (Wildman–Crippen MR) is 113 cm³/mol. The minimum atomic E-state index is -3.81. The molecule has 1 aromatic rings. The molecule has 0 unspecified atom stereocenters. The number of benzene rings is 1. The lowest BCUT2D eigenvalue weighted by Crippen LogP contribution is -2.42. The molecule has 1 aliphatic heterocycles. The Labute approximate surface area is 178 Å². The van der Waals surface area contributed by atoms with Crippen LogP contribution in [0.15, 0.2) is 53.5 Å². The van der Waals surface area contributed by atoms with Gasteiger partial charge in [-0.2, -0.15) is 0 Å². The molecule has 2 rings (SSSR count). The maximum atomic E-state index is 12.8. The Hall–Kier alpha value is -2.45. The highest BCUT2D eigenvalue weighted by molar-refractivity contribution is 7.89. The maximum Gasteiger partial charge on any atom is 0.309 e. The summed E-state index contributed by atoms with van der Waals surface area (Å²) in [5, 5.41) is 0. The van der Waals surface area contributed by atoms with Crippen molar-refractivity contribution in [1.82, 2.24) is 4.72 Å². The third kappa shape index (κ3) is 7.76. The number of cyclic esters (lactones) is 2. The smallest absolute Gasteiger partial charge is 0.309 e. The van der Waals surface area contributed by atoms with Crippen LogP contribution in [0.2, 0.25) is 0 Å². The Balaban J connectivity index is 2.19. The molecule has 0 saturated carbocycles. The van der Waals surface area contributed by atoms with Gasteiger partial charge in [-0.05, 0) is 25.0 Å². The van der Waals surface area contributed by atoms with Crippen molar-refractivity contribution in [2.24, 2.45) is 11.8 Å². The molecule has 30 heavy (non-hydrogen) atoms. The second-order valence-electron chi connectivity index (χ2n) is 7.51. The van der Waals surface area contributed by atoms with Gasteiger partial charge in [0.1, 0.15) is 6.61 Å². The predicted octanol–water partition coefficient (Wildman–Crippen LogP) is 2.91. The average Bonchev–Trinajstić information content (AvgIpc) is 2.69. The molecule has 1 aromatic carbocycles. The minimum absolute atomic E-state index is 0.0242. The van der Waals surface area contributed by atoms with Crippen molar-refractivity contribution in [3.05, 3.63) is 54.1 Å². The molecule has 0 aliphatic carbocycles. The molecule has 0 radical (unpaired) electrons. The summed E-state index contributed by atoms with van der Waals surface area (Å²) in [6, 6.07) is 5.79. The molecular formula is C22H29NO6S. The van der Waals surface area contributed by atoms with Gasteiger partial charge in [0.2, 0.25) is 10.0 Å². The molecule has 8 heteroatoms. The average molecular weight is 436 g/mol. The number of rotatable bonds is 3. The summed E-state index contributed by atoms with van der Waals surface area (Å²) in [6.07, 6.45) is 6.94. The molecule has 1 aliphatic rings. The summed E-state index contributed by atoms with van der Waals surface area (Å²) in [4.78, 5) is 24.0. The summed E-state index contributed by atoms with van der Waals surface area (Å²) >= 11 is 0. The van der Waals surface area contributed by atoms with Crippen LogP contribution in [-0.2, 0) is 29.1 Å². The second-order valence-corrected chi connectivity index (χ2v) is 9.22. The largest absolute Gasteiger partial charge is 0.465 e. The Kier molecular flexibility index (Phi) is 8.80. The van der Waals surface area contributed by atoms with Gasteiger partial charge in [-0.15, -0.1) is 0 Å². The normalized spacial score (nSPS) is 26.6. The van der Waals surface area contributed by atoms with Gasteiger partial charge in [-0.1, -0.05) is 55.8 Å². The number of esters is 2. The number of nitrogens with one attached hydrogen (secondary N) is 1. The highest BCUT2D eigenvalue weighted by Gasteiger charge is 2.25. The van der Waals surface area contributed by atoms with E-state index >= 15 is 0 Å². The fourth-order valence-electron chi connectivity index (χ4n) is 2.77.